The molecule has 7 heteroatoms. The third kappa shape index (κ3) is 3.88. The summed E-state index contributed by atoms with van der Waals surface area (Å²) in [5.41, 5.74) is 3.18. The highest BCUT2D eigenvalue weighted by atomic mass is 19.2. The zero-order valence-corrected chi connectivity index (χ0v) is 14.3. The molecule has 1 heterocycles. The second kappa shape index (κ2) is 7.28. The van der Waals surface area contributed by atoms with E-state index < -0.39 is 17.5 Å². The maximum Gasteiger partial charge on any atom is 0.277 e. The summed E-state index contributed by atoms with van der Waals surface area (Å²) >= 11 is 0. The van der Waals surface area contributed by atoms with Crippen LogP contribution >= 0.6 is 0 Å². The molecule has 1 aliphatic carbocycles. The molecule has 138 valence electrons. The number of hydroxylamine groups is 1. The third-order valence-electron chi connectivity index (χ3n) is 4.38. The number of hydrogen-bond acceptors (Lipinski definition) is 4. The van der Waals surface area contributed by atoms with Crippen LogP contribution in [0.4, 0.5) is 20.2 Å². The van der Waals surface area contributed by atoms with Crippen molar-refractivity contribution in [3.05, 3.63) is 65.9 Å². The van der Waals surface area contributed by atoms with Gasteiger partial charge in [0.25, 0.3) is 5.91 Å². The Hall–Kier alpha value is -3.06. The number of fused-ring (bicyclic) bond motifs is 1. The number of aromatic nitrogens is 1. The van der Waals surface area contributed by atoms with Crippen LogP contribution in [0.3, 0.4) is 0 Å². The summed E-state index contributed by atoms with van der Waals surface area (Å²) in [4.78, 5) is 21.8. The fourth-order valence-electron chi connectivity index (χ4n) is 2.71. The van der Waals surface area contributed by atoms with Gasteiger partial charge in [0.05, 0.1) is 35.3 Å². The molecule has 3 aromatic rings. The monoisotopic (exact) mass is 369 g/mol. The molecule has 0 atom stereocenters. The highest BCUT2D eigenvalue weighted by Crippen LogP contribution is 2.29. The predicted molar refractivity (Wildman–Crippen MR) is 97.5 cm³/mol. The van der Waals surface area contributed by atoms with Gasteiger partial charge >= 0.3 is 0 Å². The number of nitrogens with one attached hydrogen (secondary N) is 2. The summed E-state index contributed by atoms with van der Waals surface area (Å²) in [6, 6.07) is 11.3. The van der Waals surface area contributed by atoms with E-state index in [2.05, 4.69) is 15.8 Å². The molecular formula is C20H17F2N3O2. The molecule has 0 saturated heterocycles. The minimum Gasteiger partial charge on any atom is -0.351 e. The highest BCUT2D eigenvalue weighted by molar-refractivity contribution is 6.00. The first-order chi connectivity index (χ1) is 13.1. The largest absolute Gasteiger partial charge is 0.351 e. The molecule has 0 spiro atoms. The topological polar surface area (TPSA) is 63.2 Å². The summed E-state index contributed by atoms with van der Waals surface area (Å²) < 4.78 is 28.2. The average Bonchev–Trinajstić information content (AvgIpc) is 3.50. The Labute approximate surface area is 154 Å². The van der Waals surface area contributed by atoms with Gasteiger partial charge in [0.2, 0.25) is 0 Å². The Kier molecular flexibility index (Phi) is 4.68. The number of hydrogen-bond donors (Lipinski definition) is 2. The Morgan fingerprint density at radius 3 is 2.81 bits per heavy atom. The molecule has 0 radical (unpaired) electrons. The van der Waals surface area contributed by atoms with E-state index in [9.17, 15) is 13.6 Å². The van der Waals surface area contributed by atoms with Crippen LogP contribution in [0, 0.1) is 17.6 Å². The van der Waals surface area contributed by atoms with Crippen LogP contribution < -0.4 is 10.8 Å². The number of para-hydroxylation sites is 1. The van der Waals surface area contributed by atoms with E-state index in [1.807, 2.05) is 24.3 Å². The summed E-state index contributed by atoms with van der Waals surface area (Å²) in [7, 11) is 0. The van der Waals surface area contributed by atoms with E-state index in [0.29, 0.717) is 18.2 Å². The van der Waals surface area contributed by atoms with Gasteiger partial charge in [-0.05, 0) is 43.0 Å². The van der Waals surface area contributed by atoms with Gasteiger partial charge in [-0.25, -0.2) is 14.3 Å². The molecule has 1 aromatic heterocycles. The zero-order valence-electron chi connectivity index (χ0n) is 14.3. The van der Waals surface area contributed by atoms with Gasteiger partial charge in [-0.3, -0.25) is 14.6 Å². The summed E-state index contributed by atoms with van der Waals surface area (Å²) in [5.74, 6) is -2.39. The SMILES string of the molecule is O=C(NOCC1CC1)c1ccc(F)c(F)c1Nc1cnc2ccccc2c1. The first-order valence-corrected chi connectivity index (χ1v) is 8.64. The lowest BCUT2D eigenvalue weighted by atomic mass is 10.1. The van der Waals surface area contributed by atoms with Crippen LogP contribution in [0.2, 0.25) is 0 Å². The lowest BCUT2D eigenvalue weighted by Gasteiger charge is -2.14. The first kappa shape index (κ1) is 17.4. The number of amides is 1. The Morgan fingerprint density at radius 1 is 1.19 bits per heavy atom. The third-order valence-corrected chi connectivity index (χ3v) is 4.38. The molecular weight excluding hydrogens is 352 g/mol. The van der Waals surface area contributed by atoms with Gasteiger partial charge in [-0.15, -0.1) is 0 Å². The van der Waals surface area contributed by atoms with Gasteiger partial charge in [-0.1, -0.05) is 18.2 Å². The number of carbonyl (C=O) groups is 1. The molecule has 4 rings (SSSR count). The van der Waals surface area contributed by atoms with E-state index in [4.69, 9.17) is 4.84 Å². The normalized spacial score (nSPS) is 13.6. The summed E-state index contributed by atoms with van der Waals surface area (Å²) in [6.45, 7) is 0.409. The molecule has 1 amide bonds. The fourth-order valence-corrected chi connectivity index (χ4v) is 2.71. The van der Waals surface area contributed by atoms with Gasteiger partial charge in [0, 0.05) is 5.39 Å². The molecule has 27 heavy (non-hydrogen) atoms. The number of pyridine rings is 1. The number of nitrogens with zero attached hydrogens (tertiary/aromatic N) is 1. The van der Waals surface area contributed by atoms with Crippen LogP contribution in [0.15, 0.2) is 48.7 Å². The van der Waals surface area contributed by atoms with Gasteiger partial charge in [0.1, 0.15) is 0 Å². The van der Waals surface area contributed by atoms with E-state index in [1.54, 1.807) is 6.07 Å². The number of carbonyl (C=O) groups excluding carboxylic acids is 1. The fraction of sp³-hybridized carbons (Fsp3) is 0.200. The van der Waals surface area contributed by atoms with Gasteiger partial charge < -0.3 is 5.32 Å². The standard InChI is InChI=1S/C20H17F2N3O2/c21-16-8-7-15(20(26)25-27-11-12-5-6-12)19(18(16)22)24-14-9-13-3-1-2-4-17(13)23-10-14/h1-4,7-10,12,24H,5-6,11H2,(H,25,26). The lowest BCUT2D eigenvalue weighted by Crippen LogP contribution is -2.26. The number of anilines is 2. The molecule has 2 N–H and O–H groups in total. The number of halogens is 2. The molecule has 0 unspecified atom stereocenters. The summed E-state index contributed by atoms with van der Waals surface area (Å²) in [5, 5.41) is 3.60. The predicted octanol–water partition coefficient (Wildman–Crippen LogP) is 4.33. The zero-order chi connectivity index (χ0) is 18.8. The van der Waals surface area contributed by atoms with E-state index >= 15 is 0 Å². The Morgan fingerprint density at radius 2 is 2.00 bits per heavy atom. The van der Waals surface area contributed by atoms with Crippen molar-refractivity contribution in [1.29, 1.82) is 0 Å². The smallest absolute Gasteiger partial charge is 0.277 e. The first-order valence-electron chi connectivity index (χ1n) is 8.64. The molecule has 2 aromatic carbocycles. The van der Waals surface area contributed by atoms with Crippen LogP contribution in [-0.4, -0.2) is 17.5 Å². The Balaban J connectivity index is 1.61. The van der Waals surface area contributed by atoms with Crippen LogP contribution in [0.5, 0.6) is 0 Å². The lowest BCUT2D eigenvalue weighted by molar-refractivity contribution is 0.0270. The second-order valence-electron chi connectivity index (χ2n) is 6.51. The van der Waals surface area contributed by atoms with Crippen molar-refractivity contribution in [3.63, 3.8) is 0 Å². The molecule has 0 aliphatic heterocycles. The molecule has 1 fully saturated rings. The highest BCUT2D eigenvalue weighted by Gasteiger charge is 2.23. The van der Waals surface area contributed by atoms with Crippen molar-refractivity contribution < 1.29 is 18.4 Å². The quantitative estimate of drug-likeness (QED) is 0.635. The molecule has 5 nitrogen and oxygen atoms in total. The van der Waals surface area contributed by atoms with Crippen molar-refractivity contribution in [3.8, 4) is 0 Å². The maximum absolute atomic E-state index is 14.4. The second-order valence-corrected chi connectivity index (χ2v) is 6.51. The molecule has 1 aliphatic rings. The van der Waals surface area contributed by atoms with Crippen molar-refractivity contribution in [2.24, 2.45) is 5.92 Å². The van der Waals surface area contributed by atoms with Crippen LogP contribution in [0.25, 0.3) is 10.9 Å². The van der Waals surface area contributed by atoms with Crippen molar-refractivity contribution in [1.82, 2.24) is 10.5 Å². The summed E-state index contributed by atoms with van der Waals surface area (Å²) in [6.07, 6.45) is 3.64. The van der Waals surface area contributed by atoms with E-state index in [1.165, 1.54) is 12.3 Å². The van der Waals surface area contributed by atoms with Gasteiger partial charge in [0.15, 0.2) is 11.6 Å². The van der Waals surface area contributed by atoms with Crippen LogP contribution in [-0.2, 0) is 4.84 Å². The van der Waals surface area contributed by atoms with Crippen molar-refractivity contribution in [2.75, 3.05) is 11.9 Å². The molecule has 0 bridgehead atoms. The maximum atomic E-state index is 14.4. The average molecular weight is 369 g/mol. The molecule has 1 saturated carbocycles. The minimum absolute atomic E-state index is 0.0575. The van der Waals surface area contributed by atoms with Crippen LogP contribution in [0.1, 0.15) is 23.2 Å². The number of rotatable bonds is 6. The Bertz CT molecular complexity index is 1010. The van der Waals surface area contributed by atoms with E-state index in [0.717, 1.165) is 29.8 Å². The number of benzene rings is 2. The van der Waals surface area contributed by atoms with Crippen molar-refractivity contribution in [2.45, 2.75) is 12.8 Å². The van der Waals surface area contributed by atoms with Gasteiger partial charge in [-0.2, -0.15) is 0 Å². The minimum atomic E-state index is -1.14. The van der Waals surface area contributed by atoms with Crippen molar-refractivity contribution >= 4 is 28.2 Å². The van der Waals surface area contributed by atoms with E-state index in [-0.39, 0.29) is 11.3 Å².